The van der Waals surface area contributed by atoms with Crippen LogP contribution < -0.4 is 0 Å². The highest BCUT2D eigenvalue weighted by Crippen LogP contribution is 2.57. The quantitative estimate of drug-likeness (QED) is 0.842. The summed E-state index contributed by atoms with van der Waals surface area (Å²) < 4.78 is -0.371. The van der Waals surface area contributed by atoms with E-state index in [0.717, 1.165) is 22.6 Å². The molecule has 1 nitrogen and oxygen atoms in total. The summed E-state index contributed by atoms with van der Waals surface area (Å²) in [5.41, 5.74) is 1.97. The third kappa shape index (κ3) is 2.98. The predicted molar refractivity (Wildman–Crippen MR) is 94.1 cm³/mol. The van der Waals surface area contributed by atoms with E-state index in [9.17, 15) is 5.11 Å². The van der Waals surface area contributed by atoms with Gasteiger partial charge in [0.25, 0.3) is 0 Å². The number of aliphatic hydroxyl groups is 1. The Morgan fingerprint density at radius 1 is 0.952 bits per heavy atom. The van der Waals surface area contributed by atoms with Crippen molar-refractivity contribution in [2.24, 2.45) is 0 Å². The average molecular weight is 337 g/mol. The second kappa shape index (κ2) is 6.66. The van der Waals surface area contributed by atoms with Crippen LogP contribution in [0.25, 0.3) is 0 Å². The molecule has 1 atom stereocenters. The van der Waals surface area contributed by atoms with Crippen molar-refractivity contribution in [3.8, 4) is 0 Å². The second-order valence-corrected chi connectivity index (χ2v) is 8.36. The van der Waals surface area contributed by atoms with E-state index < -0.39 is 6.10 Å². The number of benzene rings is 2. The van der Waals surface area contributed by atoms with Crippen molar-refractivity contribution in [3.05, 3.63) is 70.7 Å². The van der Waals surface area contributed by atoms with Crippen molar-refractivity contribution in [2.75, 3.05) is 11.5 Å². The molecule has 1 heterocycles. The van der Waals surface area contributed by atoms with E-state index in [2.05, 4.69) is 12.1 Å². The van der Waals surface area contributed by atoms with Crippen LogP contribution in [-0.2, 0) is 4.08 Å². The number of thioether (sulfide) groups is 2. The van der Waals surface area contributed by atoms with E-state index in [-0.39, 0.29) is 4.08 Å². The Kier molecular flexibility index (Phi) is 4.85. The molecule has 0 saturated carbocycles. The first-order valence-corrected chi connectivity index (χ1v) is 9.35. The zero-order valence-electron chi connectivity index (χ0n) is 11.5. The molecule has 3 rings (SSSR count). The molecular formula is C17H17ClOS2. The Hall–Kier alpha value is -0.610. The van der Waals surface area contributed by atoms with Gasteiger partial charge in [-0.05, 0) is 29.6 Å². The predicted octanol–water partition coefficient (Wildman–Crippen LogP) is 5.10. The van der Waals surface area contributed by atoms with Gasteiger partial charge in [0.15, 0.2) is 0 Å². The minimum Gasteiger partial charge on any atom is -0.386 e. The second-order valence-electron chi connectivity index (χ2n) is 5.01. The minimum atomic E-state index is -0.621. The molecule has 1 fully saturated rings. The van der Waals surface area contributed by atoms with E-state index in [1.165, 1.54) is 6.42 Å². The molecule has 1 unspecified atom stereocenters. The lowest BCUT2D eigenvalue weighted by Crippen LogP contribution is -2.30. The van der Waals surface area contributed by atoms with Crippen LogP contribution >= 0.6 is 35.1 Å². The summed E-state index contributed by atoms with van der Waals surface area (Å²) in [6.45, 7) is 0. The van der Waals surface area contributed by atoms with E-state index in [1.54, 1.807) is 0 Å². The van der Waals surface area contributed by atoms with Crippen LogP contribution in [0.5, 0.6) is 0 Å². The van der Waals surface area contributed by atoms with Crippen LogP contribution in [0.1, 0.15) is 23.7 Å². The molecule has 1 aliphatic heterocycles. The maximum absolute atomic E-state index is 11.1. The number of halogens is 1. The van der Waals surface area contributed by atoms with Crippen LogP contribution in [0.4, 0.5) is 0 Å². The van der Waals surface area contributed by atoms with Crippen LogP contribution in [0.15, 0.2) is 54.6 Å². The molecule has 1 aliphatic rings. The molecule has 0 spiro atoms. The number of rotatable bonds is 3. The van der Waals surface area contributed by atoms with Gasteiger partial charge in [-0.2, -0.15) is 0 Å². The normalized spacial score (nSPS) is 19.1. The lowest BCUT2D eigenvalue weighted by atomic mass is 10.00. The van der Waals surface area contributed by atoms with Crippen molar-refractivity contribution < 1.29 is 5.11 Å². The summed E-state index contributed by atoms with van der Waals surface area (Å²) in [5, 5.41) is 11.7. The molecule has 1 saturated heterocycles. The number of hydrogen-bond acceptors (Lipinski definition) is 3. The fourth-order valence-electron chi connectivity index (χ4n) is 2.60. The molecule has 0 bridgehead atoms. The van der Waals surface area contributed by atoms with Crippen LogP contribution in [0.2, 0.25) is 5.02 Å². The Labute approximate surface area is 139 Å². The molecule has 0 aromatic heterocycles. The molecule has 4 heteroatoms. The molecule has 2 aromatic rings. The highest BCUT2D eigenvalue weighted by Gasteiger charge is 2.43. The van der Waals surface area contributed by atoms with E-state index in [0.29, 0.717) is 5.02 Å². The lowest BCUT2D eigenvalue weighted by molar-refractivity contribution is 0.163. The van der Waals surface area contributed by atoms with Crippen LogP contribution in [-0.4, -0.2) is 16.6 Å². The van der Waals surface area contributed by atoms with Gasteiger partial charge >= 0.3 is 0 Å². The zero-order chi connectivity index (χ0) is 14.7. The largest absolute Gasteiger partial charge is 0.386 e. The molecular weight excluding hydrogens is 320 g/mol. The SMILES string of the molecule is OC(c1ccccc1Cl)C1(c2ccccc2)SCCCS1. The highest BCUT2D eigenvalue weighted by molar-refractivity contribution is 8.18. The third-order valence-corrected chi connectivity index (χ3v) is 7.47. The molecule has 110 valence electrons. The van der Waals surface area contributed by atoms with Gasteiger partial charge in [0.05, 0.1) is 0 Å². The van der Waals surface area contributed by atoms with E-state index in [4.69, 9.17) is 11.6 Å². The lowest BCUT2D eigenvalue weighted by Gasteiger charge is -2.40. The van der Waals surface area contributed by atoms with Crippen molar-refractivity contribution in [1.82, 2.24) is 0 Å². The van der Waals surface area contributed by atoms with Gasteiger partial charge in [-0.3, -0.25) is 0 Å². The topological polar surface area (TPSA) is 20.2 Å². The Morgan fingerprint density at radius 3 is 2.24 bits per heavy atom. The maximum atomic E-state index is 11.1. The van der Waals surface area contributed by atoms with Crippen molar-refractivity contribution in [1.29, 1.82) is 0 Å². The molecule has 21 heavy (non-hydrogen) atoms. The third-order valence-electron chi connectivity index (χ3n) is 3.66. The first kappa shape index (κ1) is 15.3. The van der Waals surface area contributed by atoms with Gasteiger partial charge in [-0.1, -0.05) is 60.1 Å². The van der Waals surface area contributed by atoms with Crippen LogP contribution in [0.3, 0.4) is 0 Å². The summed E-state index contributed by atoms with van der Waals surface area (Å²) in [7, 11) is 0. The minimum absolute atomic E-state index is 0.371. The van der Waals surface area contributed by atoms with Crippen LogP contribution in [0, 0.1) is 0 Å². The molecule has 0 amide bonds. The summed E-state index contributed by atoms with van der Waals surface area (Å²) in [6, 6.07) is 17.9. The van der Waals surface area contributed by atoms with Gasteiger partial charge < -0.3 is 5.11 Å². The zero-order valence-corrected chi connectivity index (χ0v) is 13.9. The number of aliphatic hydroxyl groups excluding tert-OH is 1. The maximum Gasteiger partial charge on any atom is 0.116 e. The van der Waals surface area contributed by atoms with Gasteiger partial charge in [-0.25, -0.2) is 0 Å². The molecule has 1 N–H and O–H groups in total. The van der Waals surface area contributed by atoms with Crippen molar-refractivity contribution >= 4 is 35.1 Å². The van der Waals surface area contributed by atoms with Gasteiger partial charge in [0, 0.05) is 10.6 Å². The Bertz CT molecular complexity index is 597. The monoisotopic (exact) mass is 336 g/mol. The standard InChI is InChI=1S/C17H17ClOS2/c18-15-10-5-4-9-14(15)16(19)17(20-11-6-12-21-17)13-7-2-1-3-8-13/h1-5,7-10,16,19H,6,11-12H2. The van der Waals surface area contributed by atoms with E-state index in [1.807, 2.05) is 66.0 Å². The summed E-state index contributed by atoms with van der Waals surface area (Å²) in [4.78, 5) is 0. The molecule has 0 radical (unpaired) electrons. The first-order chi connectivity index (χ1) is 10.2. The Morgan fingerprint density at radius 2 is 1.57 bits per heavy atom. The summed E-state index contributed by atoms with van der Waals surface area (Å²) in [6.07, 6.45) is 0.558. The van der Waals surface area contributed by atoms with Crippen molar-refractivity contribution in [3.63, 3.8) is 0 Å². The van der Waals surface area contributed by atoms with E-state index >= 15 is 0 Å². The summed E-state index contributed by atoms with van der Waals surface area (Å²) >= 11 is 9.97. The fourth-order valence-corrected chi connectivity index (χ4v) is 6.22. The summed E-state index contributed by atoms with van der Waals surface area (Å²) in [5.74, 6) is 2.12. The highest BCUT2D eigenvalue weighted by atomic mass is 35.5. The average Bonchev–Trinajstić information content (AvgIpc) is 2.56. The molecule has 0 aliphatic carbocycles. The smallest absolute Gasteiger partial charge is 0.116 e. The molecule has 2 aromatic carbocycles. The van der Waals surface area contributed by atoms with Crippen molar-refractivity contribution in [2.45, 2.75) is 16.6 Å². The van der Waals surface area contributed by atoms with Gasteiger partial charge in [0.1, 0.15) is 10.2 Å². The Balaban J connectivity index is 2.06. The number of hydrogen-bond donors (Lipinski definition) is 1. The van der Waals surface area contributed by atoms with Gasteiger partial charge in [-0.15, -0.1) is 23.5 Å². The fraction of sp³-hybridized carbons (Fsp3) is 0.294. The van der Waals surface area contributed by atoms with Gasteiger partial charge in [0.2, 0.25) is 0 Å². The first-order valence-electron chi connectivity index (χ1n) is 7.00.